The normalized spacial score (nSPS) is 21.9. The molecule has 1 atom stereocenters. The van der Waals surface area contributed by atoms with Crippen LogP contribution in [0.15, 0.2) is 10.5 Å². The molecule has 1 saturated carbocycles. The highest BCUT2D eigenvalue weighted by Crippen LogP contribution is 2.50. The second-order valence-electron chi connectivity index (χ2n) is 13.7. The molecule has 44 heavy (non-hydrogen) atoms. The molecule has 3 saturated heterocycles. The van der Waals surface area contributed by atoms with Gasteiger partial charge in [0.15, 0.2) is 5.75 Å². The van der Waals surface area contributed by atoms with Gasteiger partial charge >= 0.3 is 12.1 Å². The quantitative estimate of drug-likeness (QED) is 0.299. The van der Waals surface area contributed by atoms with Crippen molar-refractivity contribution in [2.24, 2.45) is 5.41 Å². The molecule has 2 aromatic rings. The van der Waals surface area contributed by atoms with Crippen LogP contribution in [0.5, 0.6) is 11.8 Å². The predicted molar refractivity (Wildman–Crippen MR) is 170 cm³/mol. The first kappa shape index (κ1) is 32.9. The molecular weight excluding hydrogens is 636 g/mol. The number of carbonyl (C=O) groups is 1. The van der Waals surface area contributed by atoms with Gasteiger partial charge < -0.3 is 28.9 Å². The number of benzene rings is 1. The lowest BCUT2D eigenvalue weighted by molar-refractivity contribution is -0.0434. The van der Waals surface area contributed by atoms with Crippen molar-refractivity contribution in [1.29, 1.82) is 0 Å². The van der Waals surface area contributed by atoms with E-state index in [4.69, 9.17) is 24.2 Å². The number of alkyl halides is 2. The van der Waals surface area contributed by atoms with Crippen molar-refractivity contribution in [2.75, 3.05) is 57.9 Å². The van der Waals surface area contributed by atoms with Crippen molar-refractivity contribution in [3.05, 3.63) is 16.1 Å². The number of nitrogens with zero attached hydrogens (tertiary/aromatic N) is 5. The molecule has 0 bridgehead atoms. The number of fused-ring (bicyclic) bond motifs is 1. The highest BCUT2D eigenvalue weighted by atomic mass is 79.9. The van der Waals surface area contributed by atoms with Gasteiger partial charge in [0.2, 0.25) is 0 Å². The van der Waals surface area contributed by atoms with Crippen LogP contribution in [0.1, 0.15) is 78.2 Å². The van der Waals surface area contributed by atoms with E-state index < -0.39 is 18.6 Å². The van der Waals surface area contributed by atoms with Gasteiger partial charge in [0.05, 0.1) is 4.47 Å². The Morgan fingerprint density at radius 1 is 1.11 bits per heavy atom. The van der Waals surface area contributed by atoms with Crippen LogP contribution in [0, 0.1) is 5.41 Å². The molecule has 0 unspecified atom stereocenters. The summed E-state index contributed by atoms with van der Waals surface area (Å²) in [6, 6.07) is 2.62. The van der Waals surface area contributed by atoms with Gasteiger partial charge in [-0.05, 0) is 106 Å². The van der Waals surface area contributed by atoms with Crippen molar-refractivity contribution in [3.63, 3.8) is 0 Å². The van der Waals surface area contributed by atoms with E-state index in [1.165, 1.54) is 0 Å². The summed E-state index contributed by atoms with van der Waals surface area (Å²) in [4.78, 5) is 28.6. The number of rotatable bonds is 8. The minimum atomic E-state index is -2.61. The van der Waals surface area contributed by atoms with Crippen LogP contribution < -0.4 is 14.4 Å². The Bertz CT molecular complexity index is 1350. The first-order valence-corrected chi connectivity index (χ1v) is 16.2. The van der Waals surface area contributed by atoms with Crippen LogP contribution in [0.2, 0.25) is 0 Å². The molecule has 6 rings (SSSR count). The van der Waals surface area contributed by atoms with Crippen LogP contribution in [0.4, 0.5) is 19.4 Å². The van der Waals surface area contributed by atoms with E-state index in [0.29, 0.717) is 41.4 Å². The molecule has 4 heterocycles. The fourth-order valence-corrected chi connectivity index (χ4v) is 7.30. The van der Waals surface area contributed by atoms with Crippen molar-refractivity contribution < 1.29 is 27.8 Å². The Hall–Kier alpha value is -2.47. The van der Waals surface area contributed by atoms with E-state index in [2.05, 4.69) is 38.8 Å². The van der Waals surface area contributed by atoms with Gasteiger partial charge in [-0.3, -0.25) is 0 Å². The number of likely N-dealkylation sites (tertiary alicyclic amines) is 2. The molecule has 9 nitrogen and oxygen atoms in total. The minimum Gasteiger partial charge on any atom is -0.484 e. The number of carbonyl (C=O) groups excluding carboxylic acids is 1. The smallest absolute Gasteiger partial charge is 0.410 e. The monoisotopic (exact) mass is 681 g/mol. The van der Waals surface area contributed by atoms with E-state index in [1.807, 2.05) is 20.8 Å². The van der Waals surface area contributed by atoms with Gasteiger partial charge in [-0.1, -0.05) is 7.43 Å². The lowest BCUT2D eigenvalue weighted by Gasteiger charge is -2.53. The Balaban J connectivity index is 0.00000384. The van der Waals surface area contributed by atoms with Gasteiger partial charge in [0.1, 0.15) is 30.1 Å². The summed E-state index contributed by atoms with van der Waals surface area (Å²) >= 11 is 3.67. The van der Waals surface area contributed by atoms with Gasteiger partial charge in [0, 0.05) is 43.0 Å². The maximum absolute atomic E-state index is 13.3. The summed E-state index contributed by atoms with van der Waals surface area (Å²) in [5.74, 6) is 1.42. The molecule has 1 aliphatic carbocycles. The lowest BCUT2D eigenvalue weighted by Crippen LogP contribution is -2.62. The van der Waals surface area contributed by atoms with Gasteiger partial charge in [-0.2, -0.15) is 9.97 Å². The average Bonchev–Trinajstić information content (AvgIpc) is 3.69. The van der Waals surface area contributed by atoms with Crippen LogP contribution in [-0.2, 0) is 4.74 Å². The van der Waals surface area contributed by atoms with Crippen molar-refractivity contribution in [3.8, 4) is 11.8 Å². The van der Waals surface area contributed by atoms with Crippen LogP contribution in [-0.4, -0.2) is 96.9 Å². The molecule has 1 aromatic carbocycles. The lowest BCUT2D eigenvalue weighted by atomic mass is 9.72. The summed E-state index contributed by atoms with van der Waals surface area (Å²) in [7, 11) is 2.09. The zero-order chi connectivity index (χ0) is 30.5. The molecule has 1 amide bonds. The third-order valence-corrected chi connectivity index (χ3v) is 9.97. The Labute approximate surface area is 267 Å². The van der Waals surface area contributed by atoms with Crippen molar-refractivity contribution in [2.45, 2.75) is 90.7 Å². The standard InChI is InChI=1S/C31H42BrF2N5O4.CH4/c1-30(2,3)43-29(40)39-17-31(18-39)9-12-38(13-10-31)27-22-14-21(19-7-8-19)24(32)26(41-16-23(33)34)25(22)35-28(36-27)42-15-20-6-5-11-37(20)4;/h14,19-20,23H,5-13,15-18H2,1-4H3;1H4/t20-;/m0./s1. The molecule has 1 spiro atoms. The summed E-state index contributed by atoms with van der Waals surface area (Å²) in [6.45, 7) is 9.29. The van der Waals surface area contributed by atoms with Crippen LogP contribution >= 0.6 is 15.9 Å². The number of likely N-dealkylation sites (N-methyl/N-ethyl adjacent to an activating group) is 1. The second kappa shape index (κ2) is 12.7. The summed E-state index contributed by atoms with van der Waals surface area (Å²) in [5, 5.41) is 0.791. The third-order valence-electron chi connectivity index (χ3n) is 9.15. The second-order valence-corrected chi connectivity index (χ2v) is 14.5. The van der Waals surface area contributed by atoms with E-state index in [-0.39, 0.29) is 31.0 Å². The molecule has 1 aromatic heterocycles. The summed E-state index contributed by atoms with van der Waals surface area (Å²) < 4.78 is 44.8. The summed E-state index contributed by atoms with van der Waals surface area (Å²) in [6.07, 6.45) is 3.20. The zero-order valence-corrected chi connectivity index (χ0v) is 27.1. The number of ether oxygens (including phenoxy) is 3. The molecule has 4 fully saturated rings. The molecular formula is C32H46BrF2N5O4. The van der Waals surface area contributed by atoms with E-state index in [0.717, 1.165) is 74.9 Å². The zero-order valence-electron chi connectivity index (χ0n) is 25.5. The fourth-order valence-electron chi connectivity index (χ4n) is 6.56. The molecule has 0 N–H and O–H groups in total. The fraction of sp³-hybridized carbons (Fsp3) is 0.719. The molecule has 0 radical (unpaired) electrons. The first-order chi connectivity index (χ1) is 20.4. The molecule has 244 valence electrons. The topological polar surface area (TPSA) is 80.3 Å². The Morgan fingerprint density at radius 3 is 2.41 bits per heavy atom. The van der Waals surface area contributed by atoms with E-state index >= 15 is 0 Å². The predicted octanol–water partition coefficient (Wildman–Crippen LogP) is 6.86. The number of aromatic nitrogens is 2. The molecule has 12 heteroatoms. The third kappa shape index (κ3) is 7.00. The Morgan fingerprint density at radius 2 is 1.82 bits per heavy atom. The number of hydrogen-bond acceptors (Lipinski definition) is 8. The molecule has 4 aliphatic rings. The van der Waals surface area contributed by atoms with Crippen LogP contribution in [0.3, 0.4) is 0 Å². The number of anilines is 1. The minimum absolute atomic E-state index is 0. The highest BCUT2D eigenvalue weighted by molar-refractivity contribution is 9.10. The van der Waals surface area contributed by atoms with Gasteiger partial charge in [-0.25, -0.2) is 13.6 Å². The van der Waals surface area contributed by atoms with Crippen molar-refractivity contribution >= 4 is 38.7 Å². The molecule has 3 aliphatic heterocycles. The Kier molecular flexibility index (Phi) is 9.52. The number of amides is 1. The van der Waals surface area contributed by atoms with Crippen LogP contribution in [0.25, 0.3) is 10.9 Å². The SMILES string of the molecule is C.CN1CCC[C@H]1COc1nc(N2CCC3(CC2)CN(C(=O)OC(C)(C)C)C3)c2cc(C3CC3)c(Br)c(OCC(F)F)c2n1. The average molecular weight is 683 g/mol. The largest absolute Gasteiger partial charge is 0.484 e. The van der Waals surface area contributed by atoms with Gasteiger partial charge in [-0.15, -0.1) is 0 Å². The van der Waals surface area contributed by atoms with E-state index in [9.17, 15) is 13.6 Å². The maximum atomic E-state index is 13.3. The number of piperidine rings is 1. The van der Waals surface area contributed by atoms with Crippen molar-refractivity contribution in [1.82, 2.24) is 19.8 Å². The number of halogens is 3. The maximum Gasteiger partial charge on any atom is 0.410 e. The summed E-state index contributed by atoms with van der Waals surface area (Å²) in [5.41, 5.74) is 1.08. The highest BCUT2D eigenvalue weighted by Gasteiger charge is 2.48. The van der Waals surface area contributed by atoms with E-state index in [1.54, 1.807) is 4.90 Å². The van der Waals surface area contributed by atoms with Gasteiger partial charge in [0.25, 0.3) is 6.43 Å². The first-order valence-electron chi connectivity index (χ1n) is 15.4. The number of hydrogen-bond donors (Lipinski definition) is 0.